The van der Waals surface area contributed by atoms with Crippen LogP contribution in [0.2, 0.25) is 0 Å². The molecule has 0 spiro atoms. The second kappa shape index (κ2) is 14.4. The SMILES string of the molecule is CCCC=S.CSCCC(O)C#N. The second-order valence-electron chi connectivity index (χ2n) is 2.38. The molecule has 0 heterocycles. The van der Waals surface area contributed by atoms with Gasteiger partial charge in [0.15, 0.2) is 0 Å². The Hall–Kier alpha value is -0.110. The van der Waals surface area contributed by atoms with Crippen LogP contribution in [0.15, 0.2) is 0 Å². The summed E-state index contributed by atoms with van der Waals surface area (Å²) in [5, 5.41) is 18.4. The lowest BCUT2D eigenvalue weighted by molar-refractivity contribution is 0.227. The van der Waals surface area contributed by atoms with E-state index < -0.39 is 6.10 Å². The lowest BCUT2D eigenvalue weighted by Crippen LogP contribution is -2.02. The Morgan fingerprint density at radius 2 is 2.31 bits per heavy atom. The molecule has 0 bridgehead atoms. The van der Waals surface area contributed by atoms with Crippen LogP contribution in [0.1, 0.15) is 26.2 Å². The molecule has 0 aliphatic heterocycles. The molecule has 1 atom stereocenters. The number of aliphatic hydroxyl groups excluding tert-OH is 1. The molecule has 0 amide bonds. The maximum absolute atomic E-state index is 8.61. The molecular formula is C9H17NOS2. The topological polar surface area (TPSA) is 44.0 Å². The van der Waals surface area contributed by atoms with E-state index >= 15 is 0 Å². The Bertz CT molecular complexity index is 145. The highest BCUT2D eigenvalue weighted by Gasteiger charge is 1.97. The van der Waals surface area contributed by atoms with E-state index in [2.05, 4.69) is 19.1 Å². The minimum atomic E-state index is -0.762. The van der Waals surface area contributed by atoms with E-state index in [0.29, 0.717) is 6.42 Å². The Labute approximate surface area is 90.3 Å². The standard InChI is InChI=1S/C5H9NOS.C4H8S/c1-8-3-2-5(7)4-6;1-2-3-4-5/h5,7H,2-3H2,1H3;4H,2-3H2,1H3. The third kappa shape index (κ3) is 18.7. The van der Waals surface area contributed by atoms with Gasteiger partial charge in [0.05, 0.1) is 6.07 Å². The van der Waals surface area contributed by atoms with E-state index in [1.807, 2.05) is 6.26 Å². The number of thiocarbonyl (C=S) groups is 1. The molecule has 4 heteroatoms. The second-order valence-corrected chi connectivity index (χ2v) is 3.70. The molecule has 0 aliphatic carbocycles. The molecule has 2 nitrogen and oxygen atoms in total. The predicted molar refractivity (Wildman–Crippen MR) is 63.2 cm³/mol. The number of thioether (sulfide) groups is 1. The van der Waals surface area contributed by atoms with Crippen molar-refractivity contribution in [3.63, 3.8) is 0 Å². The summed E-state index contributed by atoms with van der Waals surface area (Å²) >= 11 is 6.16. The molecule has 0 radical (unpaired) electrons. The summed E-state index contributed by atoms with van der Waals surface area (Å²) in [7, 11) is 0. The van der Waals surface area contributed by atoms with Crippen LogP contribution in [-0.4, -0.2) is 28.6 Å². The molecule has 0 aromatic heterocycles. The molecule has 76 valence electrons. The fourth-order valence-electron chi connectivity index (χ4n) is 0.412. The average molecular weight is 219 g/mol. The fourth-order valence-corrected chi connectivity index (χ4v) is 1.11. The van der Waals surface area contributed by atoms with Crippen molar-refractivity contribution in [2.75, 3.05) is 12.0 Å². The molecule has 1 N–H and O–H groups in total. The summed E-state index contributed by atoms with van der Waals surface area (Å²) in [5.41, 5.74) is 0. The van der Waals surface area contributed by atoms with Crippen molar-refractivity contribution in [3.05, 3.63) is 0 Å². The van der Waals surface area contributed by atoms with Gasteiger partial charge in [0.2, 0.25) is 0 Å². The number of nitriles is 1. The molecule has 0 rings (SSSR count). The summed E-state index contributed by atoms with van der Waals surface area (Å²) < 4.78 is 0. The molecule has 0 fully saturated rings. The molecule has 0 saturated carbocycles. The van der Waals surface area contributed by atoms with Gasteiger partial charge in [-0.25, -0.2) is 0 Å². The minimum absolute atomic E-state index is 0.581. The Morgan fingerprint density at radius 1 is 1.69 bits per heavy atom. The maximum Gasteiger partial charge on any atom is 0.141 e. The first-order chi connectivity index (χ1) is 6.22. The number of rotatable bonds is 5. The van der Waals surface area contributed by atoms with Gasteiger partial charge in [-0.1, -0.05) is 25.6 Å². The van der Waals surface area contributed by atoms with Crippen LogP contribution in [0.4, 0.5) is 0 Å². The Morgan fingerprint density at radius 3 is 2.54 bits per heavy atom. The van der Waals surface area contributed by atoms with Crippen molar-refractivity contribution < 1.29 is 5.11 Å². The average Bonchev–Trinajstić information content (AvgIpc) is 2.16. The van der Waals surface area contributed by atoms with Crippen molar-refractivity contribution in [1.82, 2.24) is 0 Å². The fraction of sp³-hybridized carbons (Fsp3) is 0.778. The van der Waals surface area contributed by atoms with Crippen molar-refractivity contribution >= 4 is 29.3 Å². The molecule has 0 saturated heterocycles. The molecule has 0 aliphatic rings. The van der Waals surface area contributed by atoms with Gasteiger partial charge in [0, 0.05) is 0 Å². The molecule has 0 aromatic carbocycles. The Balaban J connectivity index is 0. The van der Waals surface area contributed by atoms with Gasteiger partial charge < -0.3 is 5.11 Å². The van der Waals surface area contributed by atoms with Gasteiger partial charge in [-0.15, -0.1) is 0 Å². The third-order valence-corrected chi connectivity index (χ3v) is 2.03. The number of aliphatic hydroxyl groups is 1. The largest absolute Gasteiger partial charge is 0.378 e. The van der Waals surface area contributed by atoms with E-state index in [1.165, 1.54) is 6.42 Å². The maximum atomic E-state index is 8.61. The summed E-state index contributed by atoms with van der Waals surface area (Å²) in [6.45, 7) is 2.11. The highest BCUT2D eigenvalue weighted by Crippen LogP contribution is 1.98. The van der Waals surface area contributed by atoms with E-state index in [0.717, 1.165) is 12.2 Å². The normalized spacial score (nSPS) is 10.6. The first kappa shape index (κ1) is 15.4. The quantitative estimate of drug-likeness (QED) is 0.569. The summed E-state index contributed by atoms with van der Waals surface area (Å²) in [4.78, 5) is 0. The zero-order valence-corrected chi connectivity index (χ0v) is 9.83. The highest BCUT2D eigenvalue weighted by atomic mass is 32.2. The van der Waals surface area contributed by atoms with E-state index in [9.17, 15) is 0 Å². The molecular weight excluding hydrogens is 202 g/mol. The molecule has 13 heavy (non-hydrogen) atoms. The van der Waals surface area contributed by atoms with Crippen LogP contribution in [0.3, 0.4) is 0 Å². The highest BCUT2D eigenvalue weighted by molar-refractivity contribution is 7.98. The lowest BCUT2D eigenvalue weighted by Gasteiger charge is -1.95. The lowest BCUT2D eigenvalue weighted by atomic mass is 10.3. The summed E-state index contributed by atoms with van der Waals surface area (Å²) in [5.74, 6) is 0.856. The van der Waals surface area contributed by atoms with Gasteiger partial charge in [0.25, 0.3) is 0 Å². The van der Waals surface area contributed by atoms with E-state index in [1.54, 1.807) is 23.2 Å². The van der Waals surface area contributed by atoms with Crippen molar-refractivity contribution in [2.24, 2.45) is 0 Å². The van der Waals surface area contributed by atoms with Crippen LogP contribution < -0.4 is 0 Å². The smallest absolute Gasteiger partial charge is 0.141 e. The van der Waals surface area contributed by atoms with Crippen LogP contribution in [0.25, 0.3) is 0 Å². The van der Waals surface area contributed by atoms with Crippen molar-refractivity contribution in [1.29, 1.82) is 5.26 Å². The zero-order valence-electron chi connectivity index (χ0n) is 8.19. The van der Waals surface area contributed by atoms with Crippen LogP contribution >= 0.6 is 24.0 Å². The third-order valence-electron chi connectivity index (χ3n) is 1.15. The summed E-state index contributed by atoms with van der Waals surface area (Å²) in [6, 6.07) is 1.74. The van der Waals surface area contributed by atoms with Gasteiger partial charge >= 0.3 is 0 Å². The van der Waals surface area contributed by atoms with Crippen LogP contribution in [-0.2, 0) is 0 Å². The summed E-state index contributed by atoms with van der Waals surface area (Å²) in [6.07, 6.45) is 4.03. The monoisotopic (exact) mass is 219 g/mol. The number of hydrogen-bond acceptors (Lipinski definition) is 4. The Kier molecular flexibility index (Phi) is 17.0. The predicted octanol–water partition coefficient (Wildman–Crippen LogP) is 2.41. The number of unbranched alkanes of at least 4 members (excludes halogenated alkanes) is 1. The minimum Gasteiger partial charge on any atom is -0.378 e. The van der Waals surface area contributed by atoms with Gasteiger partial charge in [-0.3, -0.25) is 0 Å². The van der Waals surface area contributed by atoms with Gasteiger partial charge in [0.1, 0.15) is 6.10 Å². The number of hydrogen-bond donors (Lipinski definition) is 1. The van der Waals surface area contributed by atoms with Crippen LogP contribution in [0.5, 0.6) is 0 Å². The van der Waals surface area contributed by atoms with Crippen molar-refractivity contribution in [2.45, 2.75) is 32.3 Å². The number of nitrogens with zero attached hydrogens (tertiary/aromatic N) is 1. The first-order valence-electron chi connectivity index (χ1n) is 4.23. The molecule has 1 unspecified atom stereocenters. The van der Waals surface area contributed by atoms with E-state index in [-0.39, 0.29) is 0 Å². The zero-order chi connectivity index (χ0) is 10.5. The first-order valence-corrected chi connectivity index (χ1v) is 6.09. The van der Waals surface area contributed by atoms with Gasteiger partial charge in [-0.2, -0.15) is 17.0 Å². The van der Waals surface area contributed by atoms with E-state index in [4.69, 9.17) is 10.4 Å². The molecule has 0 aromatic rings. The van der Waals surface area contributed by atoms with Crippen molar-refractivity contribution in [3.8, 4) is 6.07 Å². The van der Waals surface area contributed by atoms with Gasteiger partial charge in [-0.05, 0) is 30.2 Å². The van der Waals surface area contributed by atoms with Crippen LogP contribution in [0, 0.1) is 11.3 Å².